The SMILES string of the molecule is CN(C1CC1)S(=O)(=O)c1ccc(C(=O)N(Cc2ccco2)c2nc3c(Cl)cccc3s2)cc1. The third-order valence-electron chi connectivity index (χ3n) is 5.57. The standard InChI is InChI=1S/C23H20ClN3O4S2/c1-26(16-9-10-16)33(29,30)18-11-7-15(8-12-18)22(28)27(14-17-4-3-13-31-17)23-25-21-19(24)5-2-6-20(21)32-23/h2-8,11-13,16H,9-10,14H2,1H3. The summed E-state index contributed by atoms with van der Waals surface area (Å²) in [7, 11) is -1.99. The van der Waals surface area contributed by atoms with E-state index in [1.807, 2.05) is 12.1 Å². The highest BCUT2D eigenvalue weighted by Gasteiger charge is 2.35. The highest BCUT2D eigenvalue weighted by atomic mass is 35.5. The molecule has 2 aromatic heterocycles. The maximum absolute atomic E-state index is 13.5. The van der Waals surface area contributed by atoms with Crippen molar-refractivity contribution in [3.63, 3.8) is 0 Å². The van der Waals surface area contributed by atoms with Gasteiger partial charge in [-0.05, 0) is 61.4 Å². The number of halogens is 1. The Morgan fingerprint density at radius 2 is 1.91 bits per heavy atom. The molecule has 0 N–H and O–H groups in total. The van der Waals surface area contributed by atoms with Gasteiger partial charge in [0.1, 0.15) is 11.3 Å². The van der Waals surface area contributed by atoms with E-state index >= 15 is 0 Å². The monoisotopic (exact) mass is 501 g/mol. The molecule has 2 aromatic carbocycles. The van der Waals surface area contributed by atoms with Crippen LogP contribution in [-0.2, 0) is 16.6 Å². The fourth-order valence-corrected chi connectivity index (χ4v) is 6.21. The summed E-state index contributed by atoms with van der Waals surface area (Å²) < 4.78 is 33.3. The summed E-state index contributed by atoms with van der Waals surface area (Å²) in [6.07, 6.45) is 3.30. The van der Waals surface area contributed by atoms with Gasteiger partial charge >= 0.3 is 0 Å². The summed E-state index contributed by atoms with van der Waals surface area (Å²) in [6, 6.07) is 15.1. The third kappa shape index (κ3) is 4.29. The Morgan fingerprint density at radius 1 is 1.15 bits per heavy atom. The molecule has 1 aliphatic rings. The number of carbonyl (C=O) groups excluding carboxylic acids is 1. The largest absolute Gasteiger partial charge is 0.467 e. The Labute approximate surface area is 200 Å². The van der Waals surface area contributed by atoms with Crippen molar-refractivity contribution in [3.8, 4) is 0 Å². The second kappa shape index (κ2) is 8.57. The zero-order valence-electron chi connectivity index (χ0n) is 17.6. The van der Waals surface area contributed by atoms with E-state index in [0.29, 0.717) is 27.0 Å². The first-order valence-electron chi connectivity index (χ1n) is 10.3. The topological polar surface area (TPSA) is 83.7 Å². The minimum absolute atomic E-state index is 0.0611. The molecule has 170 valence electrons. The average molecular weight is 502 g/mol. The molecule has 7 nitrogen and oxygen atoms in total. The van der Waals surface area contributed by atoms with Gasteiger partial charge in [0.2, 0.25) is 10.0 Å². The van der Waals surface area contributed by atoms with Crippen molar-refractivity contribution in [2.24, 2.45) is 0 Å². The van der Waals surface area contributed by atoms with E-state index in [9.17, 15) is 13.2 Å². The molecule has 0 unspecified atom stereocenters. The van der Waals surface area contributed by atoms with Crippen molar-refractivity contribution in [3.05, 3.63) is 77.2 Å². The second-order valence-electron chi connectivity index (χ2n) is 7.83. The van der Waals surface area contributed by atoms with Crippen LogP contribution in [0.4, 0.5) is 5.13 Å². The first-order valence-corrected chi connectivity index (χ1v) is 13.0. The third-order valence-corrected chi connectivity index (χ3v) is 8.84. The van der Waals surface area contributed by atoms with Gasteiger partial charge in [-0.3, -0.25) is 9.69 Å². The van der Waals surface area contributed by atoms with Crippen LogP contribution in [0.2, 0.25) is 5.02 Å². The normalized spacial score (nSPS) is 14.2. The number of hydrogen-bond acceptors (Lipinski definition) is 6. The average Bonchev–Trinajstić information content (AvgIpc) is 3.35. The number of rotatable bonds is 7. The van der Waals surface area contributed by atoms with Crippen LogP contribution in [-0.4, -0.2) is 36.7 Å². The van der Waals surface area contributed by atoms with Crippen molar-refractivity contribution in [1.82, 2.24) is 9.29 Å². The van der Waals surface area contributed by atoms with Gasteiger partial charge in [0.25, 0.3) is 5.91 Å². The van der Waals surface area contributed by atoms with Crippen LogP contribution in [0.1, 0.15) is 29.0 Å². The Kier molecular flexibility index (Phi) is 5.74. The Balaban J connectivity index is 1.48. The van der Waals surface area contributed by atoms with Crippen LogP contribution < -0.4 is 4.90 Å². The molecule has 0 atom stereocenters. The number of carbonyl (C=O) groups is 1. The molecule has 1 fully saturated rings. The van der Waals surface area contributed by atoms with Crippen molar-refractivity contribution < 1.29 is 17.6 Å². The first kappa shape index (κ1) is 22.1. The van der Waals surface area contributed by atoms with Gasteiger partial charge in [-0.25, -0.2) is 13.4 Å². The minimum Gasteiger partial charge on any atom is -0.467 e. The molecule has 33 heavy (non-hydrogen) atoms. The summed E-state index contributed by atoms with van der Waals surface area (Å²) in [5.74, 6) is 0.278. The molecule has 10 heteroatoms. The fraction of sp³-hybridized carbons (Fsp3) is 0.217. The molecule has 1 saturated carbocycles. The highest BCUT2D eigenvalue weighted by molar-refractivity contribution is 7.89. The van der Waals surface area contributed by atoms with Gasteiger partial charge in [-0.15, -0.1) is 0 Å². The molecule has 0 saturated heterocycles. The molecule has 5 rings (SSSR count). The van der Waals surface area contributed by atoms with Gasteiger partial charge in [0.05, 0.1) is 27.4 Å². The van der Waals surface area contributed by atoms with Crippen molar-refractivity contribution in [2.75, 3.05) is 11.9 Å². The Morgan fingerprint density at radius 3 is 2.55 bits per heavy atom. The number of amides is 1. The van der Waals surface area contributed by atoms with Crippen LogP contribution in [0.25, 0.3) is 10.2 Å². The van der Waals surface area contributed by atoms with Crippen LogP contribution in [0, 0.1) is 0 Å². The van der Waals surface area contributed by atoms with Gasteiger partial charge in [0.15, 0.2) is 5.13 Å². The number of anilines is 1. The van der Waals surface area contributed by atoms with Crippen LogP contribution in [0.5, 0.6) is 0 Å². The number of furan rings is 1. The maximum atomic E-state index is 13.5. The van der Waals surface area contributed by atoms with E-state index in [-0.39, 0.29) is 23.4 Å². The second-order valence-corrected chi connectivity index (χ2v) is 11.2. The van der Waals surface area contributed by atoms with Gasteiger partial charge in [-0.2, -0.15) is 4.31 Å². The van der Waals surface area contributed by atoms with Crippen molar-refractivity contribution >= 4 is 54.2 Å². The van der Waals surface area contributed by atoms with E-state index in [0.717, 1.165) is 17.5 Å². The van der Waals surface area contributed by atoms with E-state index in [4.69, 9.17) is 16.0 Å². The van der Waals surface area contributed by atoms with Crippen LogP contribution in [0.15, 0.2) is 70.2 Å². The predicted octanol–water partition coefficient (Wildman–Crippen LogP) is 5.17. The van der Waals surface area contributed by atoms with E-state index in [1.165, 1.54) is 44.8 Å². The summed E-state index contributed by atoms with van der Waals surface area (Å²) in [4.78, 5) is 19.8. The summed E-state index contributed by atoms with van der Waals surface area (Å²) in [5, 5.41) is 0.986. The molecular weight excluding hydrogens is 482 g/mol. The lowest BCUT2D eigenvalue weighted by Gasteiger charge is -2.19. The number of aromatic nitrogens is 1. The summed E-state index contributed by atoms with van der Waals surface area (Å²) >= 11 is 7.64. The quantitative estimate of drug-likeness (QED) is 0.348. The van der Waals surface area contributed by atoms with Crippen molar-refractivity contribution in [2.45, 2.75) is 30.3 Å². The number of thiazole rings is 1. The van der Waals surface area contributed by atoms with E-state index in [1.54, 1.807) is 31.5 Å². The fourth-order valence-electron chi connectivity index (χ4n) is 3.53. The molecular formula is C23H20ClN3O4S2. The Hall–Kier alpha value is -2.72. The predicted molar refractivity (Wildman–Crippen MR) is 128 cm³/mol. The molecule has 2 heterocycles. The summed E-state index contributed by atoms with van der Waals surface area (Å²) in [6.45, 7) is 0.174. The number of nitrogens with zero attached hydrogens (tertiary/aromatic N) is 3. The lowest BCUT2D eigenvalue weighted by Crippen LogP contribution is -2.31. The molecule has 0 radical (unpaired) electrons. The minimum atomic E-state index is -3.59. The smallest absolute Gasteiger partial charge is 0.260 e. The van der Waals surface area contributed by atoms with Gasteiger partial charge in [0, 0.05) is 18.7 Å². The van der Waals surface area contributed by atoms with E-state index < -0.39 is 10.0 Å². The molecule has 0 bridgehead atoms. The summed E-state index contributed by atoms with van der Waals surface area (Å²) in [5.41, 5.74) is 0.973. The van der Waals surface area contributed by atoms with Gasteiger partial charge in [-0.1, -0.05) is 29.0 Å². The number of hydrogen-bond donors (Lipinski definition) is 0. The van der Waals surface area contributed by atoms with Crippen LogP contribution >= 0.6 is 22.9 Å². The lowest BCUT2D eigenvalue weighted by atomic mass is 10.2. The zero-order chi connectivity index (χ0) is 23.2. The Bertz CT molecular complexity index is 1410. The molecule has 0 spiro atoms. The zero-order valence-corrected chi connectivity index (χ0v) is 20.0. The number of sulfonamides is 1. The highest BCUT2D eigenvalue weighted by Crippen LogP contribution is 2.34. The molecule has 1 amide bonds. The lowest BCUT2D eigenvalue weighted by molar-refractivity contribution is 0.0983. The van der Waals surface area contributed by atoms with Crippen molar-refractivity contribution in [1.29, 1.82) is 0 Å². The number of benzene rings is 2. The molecule has 4 aromatic rings. The molecule has 0 aliphatic heterocycles. The number of fused-ring (bicyclic) bond motifs is 1. The van der Waals surface area contributed by atoms with E-state index in [2.05, 4.69) is 4.98 Å². The van der Waals surface area contributed by atoms with Crippen LogP contribution in [0.3, 0.4) is 0 Å². The molecule has 1 aliphatic carbocycles. The number of para-hydroxylation sites is 1. The first-order chi connectivity index (χ1) is 15.8. The van der Waals surface area contributed by atoms with Gasteiger partial charge < -0.3 is 4.42 Å². The maximum Gasteiger partial charge on any atom is 0.260 e.